The number of amides is 2. The summed E-state index contributed by atoms with van der Waals surface area (Å²) in [6, 6.07) is 12.3. The van der Waals surface area contributed by atoms with Gasteiger partial charge >= 0.3 is 0 Å². The summed E-state index contributed by atoms with van der Waals surface area (Å²) in [5.41, 5.74) is 1.94. The van der Waals surface area contributed by atoms with E-state index < -0.39 is 21.8 Å². The molecule has 2 N–H and O–H groups in total. The van der Waals surface area contributed by atoms with Gasteiger partial charge in [0.25, 0.3) is 5.91 Å². The molecule has 0 spiro atoms. The van der Waals surface area contributed by atoms with Crippen LogP contribution in [-0.2, 0) is 27.1 Å². The molecule has 1 aromatic heterocycles. The molecule has 10 heteroatoms. The van der Waals surface area contributed by atoms with Gasteiger partial charge in [-0.3, -0.25) is 14.3 Å². The van der Waals surface area contributed by atoms with Crippen molar-refractivity contribution < 1.29 is 18.0 Å². The molecule has 0 saturated carbocycles. The molecule has 160 valence electrons. The molecule has 31 heavy (non-hydrogen) atoms. The lowest BCUT2D eigenvalue weighted by atomic mass is 9.96. The normalized spacial score (nSPS) is 16.4. The van der Waals surface area contributed by atoms with Gasteiger partial charge in [0.1, 0.15) is 11.9 Å². The van der Waals surface area contributed by atoms with Crippen LogP contribution < -0.4 is 14.9 Å². The number of hydrogen-bond acceptors (Lipinski definition) is 7. The van der Waals surface area contributed by atoms with Gasteiger partial charge in [-0.15, -0.1) is 0 Å². The molecule has 0 aliphatic carbocycles. The molecular weight excluding hydrogens is 418 g/mol. The second-order valence-corrected chi connectivity index (χ2v) is 9.34. The van der Waals surface area contributed by atoms with Crippen molar-refractivity contribution in [3.8, 4) is 6.07 Å². The van der Waals surface area contributed by atoms with Gasteiger partial charge in [-0.05, 0) is 24.5 Å². The fourth-order valence-electron chi connectivity index (χ4n) is 3.87. The molecule has 2 aliphatic rings. The third kappa shape index (κ3) is 4.51. The van der Waals surface area contributed by atoms with E-state index in [2.05, 4.69) is 21.1 Å². The van der Waals surface area contributed by atoms with Gasteiger partial charge in [0.15, 0.2) is 0 Å². The Labute approximate surface area is 180 Å². The van der Waals surface area contributed by atoms with E-state index in [0.717, 1.165) is 0 Å². The van der Waals surface area contributed by atoms with Crippen LogP contribution >= 0.6 is 0 Å². The van der Waals surface area contributed by atoms with Crippen LogP contribution in [-0.4, -0.2) is 38.3 Å². The molecule has 3 heterocycles. The average Bonchev–Trinajstić information content (AvgIpc) is 3.12. The molecule has 0 bridgehead atoms. The monoisotopic (exact) mass is 439 g/mol. The number of hydrogen-bond donors (Lipinski definition) is 2. The van der Waals surface area contributed by atoms with Gasteiger partial charge in [0.05, 0.1) is 29.1 Å². The molecular formula is C21H21N5O4S. The molecule has 0 atom stereocenters. The zero-order valence-corrected chi connectivity index (χ0v) is 17.5. The highest BCUT2D eigenvalue weighted by molar-refractivity contribution is 7.89. The lowest BCUT2D eigenvalue weighted by molar-refractivity contribution is -0.123. The predicted molar refractivity (Wildman–Crippen MR) is 112 cm³/mol. The number of benzene rings is 1. The number of anilines is 1. The number of sulfonamides is 1. The van der Waals surface area contributed by atoms with Crippen molar-refractivity contribution in [2.45, 2.75) is 25.1 Å². The average molecular weight is 439 g/mol. The summed E-state index contributed by atoms with van der Waals surface area (Å²) >= 11 is 0. The van der Waals surface area contributed by atoms with E-state index in [1.54, 1.807) is 36.4 Å². The van der Waals surface area contributed by atoms with Crippen LogP contribution in [0.4, 0.5) is 5.82 Å². The highest BCUT2D eigenvalue weighted by atomic mass is 32.2. The van der Waals surface area contributed by atoms with Gasteiger partial charge in [0, 0.05) is 19.0 Å². The summed E-state index contributed by atoms with van der Waals surface area (Å²) < 4.78 is 26.9. The smallest absolute Gasteiger partial charge is 0.253 e. The van der Waals surface area contributed by atoms with Crippen LogP contribution in [0, 0.1) is 17.2 Å². The Hall–Kier alpha value is -3.45. The molecule has 0 unspecified atom stereocenters. The van der Waals surface area contributed by atoms with E-state index in [4.69, 9.17) is 0 Å². The third-order valence-electron chi connectivity index (χ3n) is 5.48. The highest BCUT2D eigenvalue weighted by Gasteiger charge is 2.31. The molecule has 9 nitrogen and oxygen atoms in total. The predicted octanol–water partition coefficient (Wildman–Crippen LogP) is 1.06. The highest BCUT2D eigenvalue weighted by Crippen LogP contribution is 2.28. The second-order valence-electron chi connectivity index (χ2n) is 7.62. The number of pyridine rings is 1. The topological polar surface area (TPSA) is 132 Å². The quantitative estimate of drug-likeness (QED) is 0.712. The molecule has 1 aromatic carbocycles. The summed E-state index contributed by atoms with van der Waals surface area (Å²) in [5, 5.41) is 12.2. The van der Waals surface area contributed by atoms with E-state index in [9.17, 15) is 23.3 Å². The first-order valence-electron chi connectivity index (χ1n) is 9.92. The lowest BCUT2D eigenvalue weighted by Gasteiger charge is -2.32. The van der Waals surface area contributed by atoms with Crippen molar-refractivity contribution >= 4 is 27.7 Å². The number of nitrogens with zero attached hydrogens (tertiary/aromatic N) is 3. The number of rotatable bonds is 5. The Bertz CT molecular complexity index is 1170. The standard InChI is InChI=1S/C21H21N5O4S/c22-11-16-10-17-18(12-23-21(17)28)24-19(16)26-8-6-15(7-9-26)20(27)25-31(29,30)13-14-4-2-1-3-5-14/h1-5,10,15H,6-9,12-13H2,(H,23,28)(H,25,27). The summed E-state index contributed by atoms with van der Waals surface area (Å²) in [6.07, 6.45) is 0.876. The molecule has 1 fully saturated rings. The number of piperidine rings is 1. The van der Waals surface area contributed by atoms with Crippen molar-refractivity contribution in [2.75, 3.05) is 18.0 Å². The second kappa shape index (κ2) is 8.35. The van der Waals surface area contributed by atoms with Gasteiger partial charge in [-0.1, -0.05) is 30.3 Å². The van der Waals surface area contributed by atoms with Crippen LogP contribution in [0.15, 0.2) is 36.4 Å². The Morgan fingerprint density at radius 3 is 2.65 bits per heavy atom. The first kappa shape index (κ1) is 20.8. The van der Waals surface area contributed by atoms with Crippen molar-refractivity contribution in [3.63, 3.8) is 0 Å². The minimum atomic E-state index is -3.78. The summed E-state index contributed by atoms with van der Waals surface area (Å²) in [7, 11) is -3.78. The first-order valence-corrected chi connectivity index (χ1v) is 11.6. The molecule has 0 radical (unpaired) electrons. The van der Waals surface area contributed by atoms with Crippen LogP contribution in [0.1, 0.15) is 40.0 Å². The molecule has 2 amide bonds. The molecule has 2 aromatic rings. The van der Waals surface area contributed by atoms with Crippen LogP contribution in [0.2, 0.25) is 0 Å². The maximum absolute atomic E-state index is 12.5. The first-order chi connectivity index (χ1) is 14.9. The van der Waals surface area contributed by atoms with Crippen molar-refractivity contribution in [1.82, 2.24) is 15.0 Å². The van der Waals surface area contributed by atoms with E-state index in [1.807, 2.05) is 4.90 Å². The maximum atomic E-state index is 12.5. The van der Waals surface area contributed by atoms with Crippen molar-refractivity contribution in [3.05, 3.63) is 58.8 Å². The zero-order chi connectivity index (χ0) is 22.0. The Morgan fingerprint density at radius 1 is 1.26 bits per heavy atom. The van der Waals surface area contributed by atoms with Gasteiger partial charge < -0.3 is 10.2 Å². The largest absolute Gasteiger partial charge is 0.355 e. The van der Waals surface area contributed by atoms with Gasteiger partial charge in [-0.25, -0.2) is 13.4 Å². The fraction of sp³-hybridized carbons (Fsp3) is 0.333. The minimum absolute atomic E-state index is 0.238. The van der Waals surface area contributed by atoms with E-state index in [-0.39, 0.29) is 11.7 Å². The molecule has 1 saturated heterocycles. The van der Waals surface area contributed by atoms with Crippen LogP contribution in [0.3, 0.4) is 0 Å². The Kier molecular flexibility index (Phi) is 5.61. The summed E-state index contributed by atoms with van der Waals surface area (Å²) in [5.74, 6) is -0.945. The summed E-state index contributed by atoms with van der Waals surface area (Å²) in [4.78, 5) is 30.7. The summed E-state index contributed by atoms with van der Waals surface area (Å²) in [6.45, 7) is 1.24. The van der Waals surface area contributed by atoms with Gasteiger partial charge in [0.2, 0.25) is 15.9 Å². The van der Waals surface area contributed by atoms with Crippen LogP contribution in [0.5, 0.6) is 0 Å². The lowest BCUT2D eigenvalue weighted by Crippen LogP contribution is -2.43. The van der Waals surface area contributed by atoms with E-state index in [0.29, 0.717) is 60.7 Å². The van der Waals surface area contributed by atoms with E-state index >= 15 is 0 Å². The number of nitrogens with one attached hydrogen (secondary N) is 2. The van der Waals surface area contributed by atoms with Crippen LogP contribution in [0.25, 0.3) is 0 Å². The SMILES string of the molecule is N#Cc1cc2c(nc1N1CCC(C(=O)NS(=O)(=O)Cc3ccccc3)CC1)CNC2=O. The Balaban J connectivity index is 1.39. The Morgan fingerprint density at radius 2 is 1.97 bits per heavy atom. The molecule has 2 aliphatic heterocycles. The van der Waals surface area contributed by atoms with E-state index in [1.165, 1.54) is 0 Å². The number of nitriles is 1. The van der Waals surface area contributed by atoms with Gasteiger partial charge in [-0.2, -0.15) is 5.26 Å². The minimum Gasteiger partial charge on any atom is -0.355 e. The zero-order valence-electron chi connectivity index (χ0n) is 16.7. The number of fused-ring (bicyclic) bond motifs is 1. The number of aromatic nitrogens is 1. The number of carbonyl (C=O) groups is 2. The third-order valence-corrected chi connectivity index (χ3v) is 6.71. The fourth-order valence-corrected chi connectivity index (χ4v) is 5.05. The molecule has 4 rings (SSSR count). The number of carbonyl (C=O) groups excluding carboxylic acids is 2. The van der Waals surface area contributed by atoms with Crippen molar-refractivity contribution in [1.29, 1.82) is 5.26 Å². The van der Waals surface area contributed by atoms with Crippen molar-refractivity contribution in [2.24, 2.45) is 5.92 Å². The maximum Gasteiger partial charge on any atom is 0.253 e.